The minimum Gasteiger partial charge on any atom is -0.372 e. The van der Waals surface area contributed by atoms with Gasteiger partial charge in [0, 0.05) is 13.7 Å². The van der Waals surface area contributed by atoms with Crippen molar-refractivity contribution in [1.82, 2.24) is 10.2 Å². The van der Waals surface area contributed by atoms with Gasteiger partial charge < -0.3 is 15.0 Å². The number of likely N-dealkylation sites (tertiary alicyclic amines) is 1. The monoisotopic (exact) mass is 242 g/mol. The van der Waals surface area contributed by atoms with Crippen LogP contribution in [0.4, 0.5) is 0 Å². The second-order valence-corrected chi connectivity index (χ2v) is 5.05. The molecule has 4 heteroatoms. The number of piperidine rings is 1. The van der Waals surface area contributed by atoms with E-state index < -0.39 is 0 Å². The van der Waals surface area contributed by atoms with Crippen LogP contribution in [0.2, 0.25) is 0 Å². The van der Waals surface area contributed by atoms with Crippen molar-refractivity contribution in [2.45, 2.75) is 39.2 Å². The normalized spacial score (nSPS) is 20.2. The summed E-state index contributed by atoms with van der Waals surface area (Å²) in [5.74, 6) is 0.869. The van der Waals surface area contributed by atoms with Crippen molar-refractivity contribution in [3.05, 3.63) is 0 Å². The highest BCUT2D eigenvalue weighted by atomic mass is 16.5. The topological polar surface area (TPSA) is 41.6 Å². The van der Waals surface area contributed by atoms with E-state index in [2.05, 4.69) is 17.1 Å². The first-order valence-electron chi connectivity index (χ1n) is 6.66. The SMILES string of the molecule is COC(C)C(=O)NCCCN1CCC(C)CC1. The minimum atomic E-state index is -0.342. The van der Waals surface area contributed by atoms with E-state index in [0.29, 0.717) is 0 Å². The lowest BCUT2D eigenvalue weighted by Crippen LogP contribution is -2.37. The van der Waals surface area contributed by atoms with Crippen LogP contribution in [0.5, 0.6) is 0 Å². The molecular weight excluding hydrogens is 216 g/mol. The summed E-state index contributed by atoms with van der Waals surface area (Å²) < 4.78 is 4.95. The summed E-state index contributed by atoms with van der Waals surface area (Å²) in [5.41, 5.74) is 0. The van der Waals surface area contributed by atoms with E-state index in [1.165, 1.54) is 25.9 Å². The Morgan fingerprint density at radius 1 is 1.47 bits per heavy atom. The summed E-state index contributed by atoms with van der Waals surface area (Å²) in [5, 5.41) is 2.89. The fraction of sp³-hybridized carbons (Fsp3) is 0.923. The number of nitrogens with one attached hydrogen (secondary N) is 1. The molecule has 0 radical (unpaired) electrons. The molecular formula is C13H26N2O2. The molecule has 1 saturated heterocycles. The molecule has 17 heavy (non-hydrogen) atoms. The van der Waals surface area contributed by atoms with Crippen LogP contribution in [0, 0.1) is 5.92 Å². The maximum Gasteiger partial charge on any atom is 0.248 e. The van der Waals surface area contributed by atoms with Gasteiger partial charge in [-0.3, -0.25) is 4.79 Å². The lowest BCUT2D eigenvalue weighted by atomic mass is 9.99. The number of amides is 1. The van der Waals surface area contributed by atoms with Crippen LogP contribution in [0.1, 0.15) is 33.1 Å². The molecule has 0 aromatic heterocycles. The van der Waals surface area contributed by atoms with Crippen LogP contribution in [0.3, 0.4) is 0 Å². The van der Waals surface area contributed by atoms with Crippen molar-refractivity contribution in [3.8, 4) is 0 Å². The van der Waals surface area contributed by atoms with Crippen LogP contribution >= 0.6 is 0 Å². The predicted molar refractivity (Wildman–Crippen MR) is 68.9 cm³/mol. The first kappa shape index (κ1) is 14.5. The van der Waals surface area contributed by atoms with Crippen LogP contribution in [-0.2, 0) is 9.53 Å². The molecule has 1 atom stereocenters. The molecule has 0 aromatic rings. The summed E-state index contributed by atoms with van der Waals surface area (Å²) in [7, 11) is 1.55. The second kappa shape index (κ2) is 7.67. The molecule has 1 heterocycles. The molecule has 100 valence electrons. The van der Waals surface area contributed by atoms with Gasteiger partial charge >= 0.3 is 0 Å². The number of methoxy groups -OCH3 is 1. The van der Waals surface area contributed by atoms with E-state index in [-0.39, 0.29) is 12.0 Å². The number of carbonyl (C=O) groups excluding carboxylic acids is 1. The maximum absolute atomic E-state index is 11.4. The zero-order valence-electron chi connectivity index (χ0n) is 11.4. The number of rotatable bonds is 6. The third-order valence-electron chi connectivity index (χ3n) is 3.55. The van der Waals surface area contributed by atoms with E-state index >= 15 is 0 Å². The second-order valence-electron chi connectivity index (χ2n) is 5.05. The van der Waals surface area contributed by atoms with Gasteiger partial charge in [-0.1, -0.05) is 6.92 Å². The Labute approximate surface area is 105 Å². The van der Waals surface area contributed by atoms with Gasteiger partial charge in [0.15, 0.2) is 0 Å². The predicted octanol–water partition coefficient (Wildman–Crippen LogP) is 1.26. The van der Waals surface area contributed by atoms with Gasteiger partial charge in [-0.05, 0) is 51.7 Å². The first-order chi connectivity index (χ1) is 8.13. The van der Waals surface area contributed by atoms with Crippen molar-refractivity contribution in [2.24, 2.45) is 5.92 Å². The molecule has 0 aromatic carbocycles. The van der Waals surface area contributed by atoms with Gasteiger partial charge in [-0.25, -0.2) is 0 Å². The molecule has 1 N–H and O–H groups in total. The highest BCUT2D eigenvalue weighted by Gasteiger charge is 2.15. The van der Waals surface area contributed by atoms with Crippen LogP contribution in [0.25, 0.3) is 0 Å². The molecule has 1 amide bonds. The average molecular weight is 242 g/mol. The number of carbonyl (C=O) groups is 1. The molecule has 0 aliphatic carbocycles. The lowest BCUT2D eigenvalue weighted by Gasteiger charge is -2.30. The lowest BCUT2D eigenvalue weighted by molar-refractivity contribution is -0.130. The highest BCUT2D eigenvalue weighted by molar-refractivity contribution is 5.80. The summed E-state index contributed by atoms with van der Waals surface area (Å²) in [4.78, 5) is 13.9. The average Bonchev–Trinajstić information content (AvgIpc) is 2.35. The Hall–Kier alpha value is -0.610. The number of hydrogen-bond acceptors (Lipinski definition) is 3. The fourth-order valence-corrected chi connectivity index (χ4v) is 2.05. The standard InChI is InChI=1S/C13H26N2O2/c1-11-5-9-15(10-6-11)8-4-7-14-13(16)12(2)17-3/h11-12H,4-10H2,1-3H3,(H,14,16). The van der Waals surface area contributed by atoms with Gasteiger partial charge in [-0.15, -0.1) is 0 Å². The molecule has 1 aliphatic rings. The molecule has 1 fully saturated rings. The summed E-state index contributed by atoms with van der Waals surface area (Å²) in [6, 6.07) is 0. The third-order valence-corrected chi connectivity index (χ3v) is 3.55. The molecule has 0 spiro atoms. The third kappa shape index (κ3) is 5.50. The zero-order chi connectivity index (χ0) is 12.7. The smallest absolute Gasteiger partial charge is 0.248 e. The molecule has 1 aliphatic heterocycles. The highest BCUT2D eigenvalue weighted by Crippen LogP contribution is 2.15. The Morgan fingerprint density at radius 3 is 2.71 bits per heavy atom. The van der Waals surface area contributed by atoms with Crippen molar-refractivity contribution < 1.29 is 9.53 Å². The zero-order valence-corrected chi connectivity index (χ0v) is 11.4. The van der Waals surface area contributed by atoms with Gasteiger partial charge in [0.2, 0.25) is 5.91 Å². The largest absolute Gasteiger partial charge is 0.372 e. The molecule has 1 rings (SSSR count). The van der Waals surface area contributed by atoms with E-state index in [1.807, 2.05) is 0 Å². The molecule has 1 unspecified atom stereocenters. The summed E-state index contributed by atoms with van der Waals surface area (Å²) >= 11 is 0. The van der Waals surface area contributed by atoms with Crippen molar-refractivity contribution in [1.29, 1.82) is 0 Å². The maximum atomic E-state index is 11.4. The van der Waals surface area contributed by atoms with Gasteiger partial charge in [0.1, 0.15) is 6.10 Å². The molecule has 4 nitrogen and oxygen atoms in total. The number of nitrogens with zero attached hydrogens (tertiary/aromatic N) is 1. The van der Waals surface area contributed by atoms with E-state index in [0.717, 1.165) is 25.4 Å². The van der Waals surface area contributed by atoms with E-state index in [9.17, 15) is 4.79 Å². The van der Waals surface area contributed by atoms with Crippen LogP contribution in [0.15, 0.2) is 0 Å². The Bertz CT molecular complexity index is 225. The Balaban J connectivity index is 2.02. The summed E-state index contributed by atoms with van der Waals surface area (Å²) in [6.07, 6.45) is 3.31. The van der Waals surface area contributed by atoms with E-state index in [1.54, 1.807) is 14.0 Å². The quantitative estimate of drug-likeness (QED) is 0.713. The summed E-state index contributed by atoms with van der Waals surface area (Å²) in [6.45, 7) is 8.35. The number of hydrogen-bond donors (Lipinski definition) is 1. The fourth-order valence-electron chi connectivity index (χ4n) is 2.05. The Morgan fingerprint density at radius 2 is 2.12 bits per heavy atom. The molecule has 0 bridgehead atoms. The van der Waals surface area contributed by atoms with Crippen LogP contribution < -0.4 is 5.32 Å². The van der Waals surface area contributed by atoms with Crippen LogP contribution in [-0.4, -0.2) is 50.2 Å². The van der Waals surface area contributed by atoms with Gasteiger partial charge in [-0.2, -0.15) is 0 Å². The van der Waals surface area contributed by atoms with Crippen molar-refractivity contribution in [3.63, 3.8) is 0 Å². The molecule has 0 saturated carbocycles. The van der Waals surface area contributed by atoms with Gasteiger partial charge in [0.25, 0.3) is 0 Å². The van der Waals surface area contributed by atoms with Crippen molar-refractivity contribution in [2.75, 3.05) is 33.3 Å². The first-order valence-corrected chi connectivity index (χ1v) is 6.66. The number of ether oxygens (including phenoxy) is 1. The minimum absolute atomic E-state index is 0.0141. The van der Waals surface area contributed by atoms with Gasteiger partial charge in [0.05, 0.1) is 0 Å². The Kier molecular flexibility index (Phi) is 6.52. The van der Waals surface area contributed by atoms with Crippen molar-refractivity contribution >= 4 is 5.91 Å². The van der Waals surface area contributed by atoms with E-state index in [4.69, 9.17) is 4.74 Å².